The fourth-order valence-corrected chi connectivity index (χ4v) is 1.76. The molecule has 2 heterocycles. The van der Waals surface area contributed by atoms with Gasteiger partial charge in [0.1, 0.15) is 5.82 Å². The predicted molar refractivity (Wildman–Crippen MR) is 67.2 cm³/mol. The first-order chi connectivity index (χ1) is 8.33. The number of hydrogen-bond donors (Lipinski definition) is 1. The summed E-state index contributed by atoms with van der Waals surface area (Å²) in [5.74, 6) is 0.425. The van der Waals surface area contributed by atoms with Crippen LogP contribution in [0, 0.1) is 0 Å². The van der Waals surface area contributed by atoms with Crippen LogP contribution in [0.2, 0.25) is 0 Å². The van der Waals surface area contributed by atoms with Crippen LogP contribution in [0.3, 0.4) is 0 Å². The van der Waals surface area contributed by atoms with Gasteiger partial charge in [-0.2, -0.15) is 0 Å². The Hall–Kier alpha value is -2.49. The molecule has 0 unspecified atom stereocenters. The van der Waals surface area contributed by atoms with E-state index in [0.29, 0.717) is 5.82 Å². The molecule has 0 aliphatic rings. The molecule has 0 radical (unpaired) electrons. The average Bonchev–Trinajstić information content (AvgIpc) is 2.38. The third-order valence-electron chi connectivity index (χ3n) is 2.55. The molecule has 0 atom stereocenters. The van der Waals surface area contributed by atoms with Gasteiger partial charge >= 0.3 is 0 Å². The molecular weight excluding hydrogens is 212 g/mol. The van der Waals surface area contributed by atoms with Crippen molar-refractivity contribution in [3.8, 4) is 11.3 Å². The van der Waals surface area contributed by atoms with Gasteiger partial charge in [0.2, 0.25) is 0 Å². The first-order valence-corrected chi connectivity index (χ1v) is 5.25. The number of hydrogen-bond acceptors (Lipinski definition) is 4. The van der Waals surface area contributed by atoms with Crippen molar-refractivity contribution >= 4 is 16.7 Å². The number of anilines is 1. The Balaban J connectivity index is 2.18. The molecule has 1 aromatic carbocycles. The minimum Gasteiger partial charge on any atom is -0.382 e. The zero-order chi connectivity index (χ0) is 11.7. The quantitative estimate of drug-likeness (QED) is 0.686. The van der Waals surface area contributed by atoms with Crippen LogP contribution in [0.25, 0.3) is 22.2 Å². The van der Waals surface area contributed by atoms with Crippen LogP contribution in [0.5, 0.6) is 0 Å². The molecule has 0 aliphatic heterocycles. The standard InChI is InChI=1S/C13H10N4/c14-13-8-15-7-12(17-13)10-3-4-11-9(6-10)2-1-5-16-11/h1-8H,(H2,14,17). The van der Waals surface area contributed by atoms with Gasteiger partial charge < -0.3 is 5.73 Å². The topological polar surface area (TPSA) is 64.7 Å². The van der Waals surface area contributed by atoms with Gasteiger partial charge in [-0.15, -0.1) is 0 Å². The molecule has 2 aromatic heterocycles. The summed E-state index contributed by atoms with van der Waals surface area (Å²) < 4.78 is 0. The highest BCUT2D eigenvalue weighted by molar-refractivity contribution is 5.83. The van der Waals surface area contributed by atoms with Gasteiger partial charge in [0.15, 0.2) is 0 Å². The molecule has 2 N–H and O–H groups in total. The van der Waals surface area contributed by atoms with Crippen LogP contribution in [-0.4, -0.2) is 15.0 Å². The SMILES string of the molecule is Nc1cncc(-c2ccc3ncccc3c2)n1. The molecular formula is C13H10N4. The van der Waals surface area contributed by atoms with Crippen molar-refractivity contribution in [3.63, 3.8) is 0 Å². The molecule has 17 heavy (non-hydrogen) atoms. The monoisotopic (exact) mass is 222 g/mol. The molecule has 4 nitrogen and oxygen atoms in total. The molecule has 0 saturated carbocycles. The first-order valence-electron chi connectivity index (χ1n) is 5.25. The Morgan fingerprint density at radius 1 is 1.06 bits per heavy atom. The smallest absolute Gasteiger partial charge is 0.142 e. The van der Waals surface area contributed by atoms with Gasteiger partial charge in [0.25, 0.3) is 0 Å². The largest absolute Gasteiger partial charge is 0.382 e. The van der Waals surface area contributed by atoms with E-state index >= 15 is 0 Å². The van der Waals surface area contributed by atoms with Gasteiger partial charge in [0, 0.05) is 17.1 Å². The van der Waals surface area contributed by atoms with Crippen molar-refractivity contribution < 1.29 is 0 Å². The minimum atomic E-state index is 0.425. The summed E-state index contributed by atoms with van der Waals surface area (Å²) >= 11 is 0. The third-order valence-corrected chi connectivity index (χ3v) is 2.55. The highest BCUT2D eigenvalue weighted by Gasteiger charge is 2.02. The minimum absolute atomic E-state index is 0.425. The molecule has 0 amide bonds. The summed E-state index contributed by atoms with van der Waals surface area (Å²) in [7, 11) is 0. The molecule has 3 aromatic rings. The third kappa shape index (κ3) is 1.80. The molecule has 3 rings (SSSR count). The van der Waals surface area contributed by atoms with Crippen molar-refractivity contribution in [2.75, 3.05) is 5.73 Å². The summed E-state index contributed by atoms with van der Waals surface area (Å²) in [4.78, 5) is 12.6. The van der Waals surface area contributed by atoms with Crippen LogP contribution in [-0.2, 0) is 0 Å². The fraction of sp³-hybridized carbons (Fsp3) is 0. The summed E-state index contributed by atoms with van der Waals surface area (Å²) in [5.41, 5.74) is 8.35. The van der Waals surface area contributed by atoms with E-state index < -0.39 is 0 Å². The van der Waals surface area contributed by atoms with Gasteiger partial charge in [0.05, 0.1) is 23.6 Å². The summed E-state index contributed by atoms with van der Waals surface area (Å²) in [6.07, 6.45) is 5.02. The Labute approximate surface area is 98.2 Å². The molecule has 0 bridgehead atoms. The van der Waals surface area contributed by atoms with Crippen molar-refractivity contribution in [2.45, 2.75) is 0 Å². The number of nitrogens with two attached hydrogens (primary N) is 1. The molecule has 4 heteroatoms. The highest BCUT2D eigenvalue weighted by atomic mass is 14.9. The Bertz CT molecular complexity index is 679. The molecule has 0 spiro atoms. The van der Waals surface area contributed by atoms with Crippen molar-refractivity contribution in [2.24, 2.45) is 0 Å². The molecule has 0 saturated heterocycles. The normalized spacial score (nSPS) is 10.6. The second kappa shape index (κ2) is 3.83. The molecule has 0 fully saturated rings. The van der Waals surface area contributed by atoms with E-state index in [0.717, 1.165) is 22.2 Å². The lowest BCUT2D eigenvalue weighted by atomic mass is 10.1. The lowest BCUT2D eigenvalue weighted by molar-refractivity contribution is 1.22. The summed E-state index contributed by atoms with van der Waals surface area (Å²) in [5, 5.41) is 1.08. The van der Waals surface area contributed by atoms with E-state index in [-0.39, 0.29) is 0 Å². The number of nitrogen functional groups attached to an aromatic ring is 1. The number of nitrogens with zero attached hydrogens (tertiary/aromatic N) is 3. The van der Waals surface area contributed by atoms with E-state index in [2.05, 4.69) is 15.0 Å². The Morgan fingerprint density at radius 2 is 2.00 bits per heavy atom. The summed E-state index contributed by atoms with van der Waals surface area (Å²) in [6.45, 7) is 0. The molecule has 82 valence electrons. The van der Waals surface area contributed by atoms with Crippen LogP contribution in [0.15, 0.2) is 48.9 Å². The van der Waals surface area contributed by atoms with E-state index in [1.165, 1.54) is 6.20 Å². The highest BCUT2D eigenvalue weighted by Crippen LogP contribution is 2.21. The van der Waals surface area contributed by atoms with Crippen LogP contribution in [0.1, 0.15) is 0 Å². The maximum Gasteiger partial charge on any atom is 0.142 e. The van der Waals surface area contributed by atoms with Crippen molar-refractivity contribution in [1.29, 1.82) is 0 Å². The second-order valence-electron chi connectivity index (χ2n) is 3.74. The van der Waals surface area contributed by atoms with E-state index in [9.17, 15) is 0 Å². The maximum absolute atomic E-state index is 5.62. The number of aromatic nitrogens is 3. The lowest BCUT2D eigenvalue weighted by Crippen LogP contribution is -1.93. The number of fused-ring (bicyclic) bond motifs is 1. The van der Waals surface area contributed by atoms with Gasteiger partial charge in [-0.1, -0.05) is 12.1 Å². The predicted octanol–water partition coefficient (Wildman–Crippen LogP) is 2.27. The fourth-order valence-electron chi connectivity index (χ4n) is 1.76. The van der Waals surface area contributed by atoms with E-state index in [1.807, 2.05) is 30.3 Å². The lowest BCUT2D eigenvalue weighted by Gasteiger charge is -2.03. The van der Waals surface area contributed by atoms with Crippen molar-refractivity contribution in [1.82, 2.24) is 15.0 Å². The van der Waals surface area contributed by atoms with Crippen LogP contribution in [0.4, 0.5) is 5.82 Å². The second-order valence-corrected chi connectivity index (χ2v) is 3.74. The van der Waals surface area contributed by atoms with Crippen LogP contribution < -0.4 is 5.73 Å². The van der Waals surface area contributed by atoms with Gasteiger partial charge in [-0.3, -0.25) is 9.97 Å². The van der Waals surface area contributed by atoms with Gasteiger partial charge in [-0.05, 0) is 18.2 Å². The Kier molecular flexibility index (Phi) is 2.19. The summed E-state index contributed by atoms with van der Waals surface area (Å²) in [6, 6.07) is 9.91. The van der Waals surface area contributed by atoms with Crippen LogP contribution >= 0.6 is 0 Å². The average molecular weight is 222 g/mol. The zero-order valence-corrected chi connectivity index (χ0v) is 9.04. The molecule has 0 aliphatic carbocycles. The Morgan fingerprint density at radius 3 is 2.88 bits per heavy atom. The first kappa shape index (κ1) is 9.72. The van der Waals surface area contributed by atoms with E-state index in [1.54, 1.807) is 12.4 Å². The van der Waals surface area contributed by atoms with Crippen molar-refractivity contribution in [3.05, 3.63) is 48.9 Å². The number of rotatable bonds is 1. The van der Waals surface area contributed by atoms with E-state index in [4.69, 9.17) is 5.73 Å². The number of benzene rings is 1. The maximum atomic E-state index is 5.62. The zero-order valence-electron chi connectivity index (χ0n) is 9.04. The number of pyridine rings is 1. The van der Waals surface area contributed by atoms with Gasteiger partial charge in [-0.25, -0.2) is 4.98 Å².